The summed E-state index contributed by atoms with van der Waals surface area (Å²) in [4.78, 5) is 19.0. The van der Waals surface area contributed by atoms with Gasteiger partial charge >= 0.3 is 0 Å². The highest BCUT2D eigenvalue weighted by atomic mass is 35.5. The van der Waals surface area contributed by atoms with Crippen molar-refractivity contribution in [1.82, 2.24) is 14.8 Å². The molecule has 0 aliphatic carbocycles. The largest absolute Gasteiger partial charge is 0.492 e. The molecule has 9 nitrogen and oxygen atoms in total. The first-order valence-electron chi connectivity index (χ1n) is 15.8. The van der Waals surface area contributed by atoms with Crippen LogP contribution in [-0.4, -0.2) is 33.9 Å². The molecule has 0 bridgehead atoms. The lowest BCUT2D eigenvalue weighted by Gasteiger charge is -2.29. The number of hydrogen-bond acceptors (Lipinski definition) is 8. The van der Waals surface area contributed by atoms with E-state index in [0.717, 1.165) is 16.7 Å². The smallest absolute Gasteiger partial charge is 0.255 e. The fraction of sp³-hybridized carbons (Fsp3) is 0.216. The van der Waals surface area contributed by atoms with Crippen LogP contribution in [0.1, 0.15) is 43.5 Å². The Morgan fingerprint density at radius 2 is 1.63 bits per heavy atom. The molecule has 6 rings (SSSR count). The van der Waals surface area contributed by atoms with Gasteiger partial charge in [-0.25, -0.2) is 4.68 Å². The molecule has 1 atom stereocenters. The molecule has 49 heavy (non-hydrogen) atoms. The number of nitrogens with one attached hydrogen (secondary N) is 2. The standard InChI is InChI=1S/C37H35Cl2N5O4S/c1-4-46-30-13-9-8-12-29(30)41-35(45)33-23(3)40-36-42-37(49-22-26-10-6-7-11-28(26)39)43-44(36)34(33)25-16-19-31(32(20-25)47-5-2)48-21-24-14-17-27(38)18-15-24/h6-20,34H,4-5,21-22H2,1-3H3,(H,41,45)(H,40,42,43). The lowest BCUT2D eigenvalue weighted by atomic mass is 9.94. The molecule has 0 saturated heterocycles. The first-order chi connectivity index (χ1) is 23.8. The van der Waals surface area contributed by atoms with Gasteiger partial charge in [0.05, 0.1) is 24.5 Å². The Hall–Kier alpha value is -4.64. The van der Waals surface area contributed by atoms with Crippen LogP contribution < -0.4 is 24.8 Å². The molecule has 1 unspecified atom stereocenters. The number of halogens is 2. The van der Waals surface area contributed by atoms with Crippen molar-refractivity contribution in [3.63, 3.8) is 0 Å². The number of benzene rings is 4. The summed E-state index contributed by atoms with van der Waals surface area (Å²) < 4.78 is 19.8. The molecular formula is C37H35Cl2N5O4S. The first kappa shape index (κ1) is 34.2. The van der Waals surface area contributed by atoms with Crippen LogP contribution in [-0.2, 0) is 17.2 Å². The van der Waals surface area contributed by atoms with Crippen LogP contribution in [0.3, 0.4) is 0 Å². The number of thioether (sulfide) groups is 1. The van der Waals surface area contributed by atoms with Crippen LogP contribution in [0.25, 0.3) is 0 Å². The van der Waals surface area contributed by atoms with Crippen LogP contribution >= 0.6 is 35.0 Å². The predicted molar refractivity (Wildman–Crippen MR) is 195 cm³/mol. The second-order valence-electron chi connectivity index (χ2n) is 11.0. The molecule has 12 heteroatoms. The average Bonchev–Trinajstić information content (AvgIpc) is 3.51. The van der Waals surface area contributed by atoms with Crippen molar-refractivity contribution in [2.45, 2.75) is 44.3 Å². The van der Waals surface area contributed by atoms with E-state index in [2.05, 4.69) is 10.6 Å². The molecule has 1 aromatic heterocycles. The number of hydrogen-bond donors (Lipinski definition) is 2. The lowest BCUT2D eigenvalue weighted by Crippen LogP contribution is -2.31. The Morgan fingerprint density at radius 1 is 0.898 bits per heavy atom. The molecule has 0 saturated carbocycles. The van der Waals surface area contributed by atoms with Crippen molar-refractivity contribution in [2.75, 3.05) is 23.8 Å². The fourth-order valence-corrected chi connectivity index (χ4v) is 6.66. The molecule has 252 valence electrons. The second-order valence-corrected chi connectivity index (χ2v) is 12.8. The van der Waals surface area contributed by atoms with E-state index < -0.39 is 6.04 Å². The van der Waals surface area contributed by atoms with Gasteiger partial charge in [-0.05, 0) is 79.9 Å². The third kappa shape index (κ3) is 7.99. The second kappa shape index (κ2) is 15.7. The molecular weight excluding hydrogens is 681 g/mol. The summed E-state index contributed by atoms with van der Waals surface area (Å²) >= 11 is 14.0. The van der Waals surface area contributed by atoms with Gasteiger partial charge in [0, 0.05) is 21.5 Å². The Balaban J connectivity index is 1.36. The molecule has 1 amide bonds. The number of amides is 1. The number of fused-ring (bicyclic) bond motifs is 1. The maximum atomic E-state index is 14.2. The van der Waals surface area contributed by atoms with Gasteiger partial charge in [0.2, 0.25) is 11.1 Å². The molecule has 0 radical (unpaired) electrons. The Labute approximate surface area is 299 Å². The van der Waals surface area contributed by atoms with Crippen LogP contribution in [0.5, 0.6) is 17.2 Å². The van der Waals surface area contributed by atoms with E-state index in [1.54, 1.807) is 4.68 Å². The molecule has 0 spiro atoms. The molecule has 1 aliphatic rings. The molecule has 2 heterocycles. The Kier molecular flexibility index (Phi) is 11.0. The van der Waals surface area contributed by atoms with E-state index >= 15 is 0 Å². The van der Waals surface area contributed by atoms with Crippen LogP contribution in [0.15, 0.2) is 107 Å². The molecule has 4 aromatic carbocycles. The van der Waals surface area contributed by atoms with Gasteiger partial charge in [-0.1, -0.05) is 83.5 Å². The highest BCUT2D eigenvalue weighted by molar-refractivity contribution is 7.98. The number of nitrogens with zero attached hydrogens (tertiary/aromatic N) is 3. The summed E-state index contributed by atoms with van der Waals surface area (Å²) in [5.74, 6) is 2.47. The van der Waals surface area contributed by atoms with Crippen molar-refractivity contribution in [3.8, 4) is 17.2 Å². The van der Waals surface area contributed by atoms with Gasteiger partial charge in [-0.3, -0.25) is 4.79 Å². The van der Waals surface area contributed by atoms with Gasteiger partial charge in [0.1, 0.15) is 18.4 Å². The number of para-hydroxylation sites is 2. The van der Waals surface area contributed by atoms with Crippen LogP contribution in [0.2, 0.25) is 10.0 Å². The van der Waals surface area contributed by atoms with Crippen molar-refractivity contribution < 1.29 is 19.0 Å². The number of aromatic nitrogens is 3. The van der Waals surface area contributed by atoms with Crippen molar-refractivity contribution in [1.29, 1.82) is 0 Å². The van der Waals surface area contributed by atoms with Crippen LogP contribution in [0.4, 0.5) is 11.6 Å². The molecule has 0 fully saturated rings. The van der Waals surface area contributed by atoms with E-state index in [0.29, 0.717) is 80.9 Å². The SMILES string of the molecule is CCOc1ccccc1NC(=O)C1=C(C)Nc2nc(SCc3ccccc3Cl)nn2C1c1ccc(OCc2ccc(Cl)cc2)c(OCC)c1. The van der Waals surface area contributed by atoms with E-state index in [9.17, 15) is 4.79 Å². The number of rotatable bonds is 13. The number of anilines is 2. The minimum absolute atomic E-state index is 0.311. The van der Waals surface area contributed by atoms with Gasteiger partial charge in [0.15, 0.2) is 11.5 Å². The summed E-state index contributed by atoms with van der Waals surface area (Å²) in [5.41, 5.74) is 4.37. The monoisotopic (exact) mass is 715 g/mol. The van der Waals surface area contributed by atoms with Crippen LogP contribution in [0, 0.1) is 0 Å². The topological polar surface area (TPSA) is 99.5 Å². The molecule has 2 N–H and O–H groups in total. The summed E-state index contributed by atoms with van der Waals surface area (Å²) in [6.07, 6.45) is 0. The minimum atomic E-state index is -0.651. The molecule has 5 aromatic rings. The number of allylic oxidation sites excluding steroid dienone is 1. The quantitative estimate of drug-likeness (QED) is 0.116. The maximum Gasteiger partial charge on any atom is 0.255 e. The zero-order valence-electron chi connectivity index (χ0n) is 27.2. The van der Waals surface area contributed by atoms with E-state index in [-0.39, 0.29) is 5.91 Å². The third-order valence-electron chi connectivity index (χ3n) is 7.72. The zero-order chi connectivity index (χ0) is 34.3. The summed E-state index contributed by atoms with van der Waals surface area (Å²) in [7, 11) is 0. The Bertz CT molecular complexity index is 1980. The summed E-state index contributed by atoms with van der Waals surface area (Å²) in [6.45, 7) is 6.88. The van der Waals surface area contributed by atoms with E-state index in [1.165, 1.54) is 11.8 Å². The average molecular weight is 717 g/mol. The number of ether oxygens (including phenoxy) is 3. The molecule has 1 aliphatic heterocycles. The van der Waals surface area contributed by atoms with Gasteiger partial charge in [0.25, 0.3) is 5.91 Å². The lowest BCUT2D eigenvalue weighted by molar-refractivity contribution is -0.113. The summed E-state index contributed by atoms with van der Waals surface area (Å²) in [5, 5.41) is 13.2. The van der Waals surface area contributed by atoms with Gasteiger partial charge in [-0.15, -0.1) is 5.10 Å². The van der Waals surface area contributed by atoms with Crippen molar-refractivity contribution >= 4 is 52.5 Å². The summed E-state index contributed by atoms with van der Waals surface area (Å²) in [6, 6.07) is 27.6. The number of carbonyl (C=O) groups is 1. The highest BCUT2D eigenvalue weighted by Gasteiger charge is 2.35. The first-order valence-corrected chi connectivity index (χ1v) is 17.6. The maximum absolute atomic E-state index is 14.2. The fourth-order valence-electron chi connectivity index (χ4n) is 5.42. The third-order valence-corrected chi connectivity index (χ3v) is 9.23. The van der Waals surface area contributed by atoms with Gasteiger partial charge < -0.3 is 24.8 Å². The number of carbonyl (C=O) groups excluding carboxylic acids is 1. The zero-order valence-corrected chi connectivity index (χ0v) is 29.5. The minimum Gasteiger partial charge on any atom is -0.492 e. The Morgan fingerprint density at radius 3 is 2.41 bits per heavy atom. The predicted octanol–water partition coefficient (Wildman–Crippen LogP) is 9.18. The van der Waals surface area contributed by atoms with Crippen molar-refractivity contribution in [3.05, 3.63) is 129 Å². The van der Waals surface area contributed by atoms with Crippen molar-refractivity contribution in [2.24, 2.45) is 0 Å². The normalized spacial score (nSPS) is 13.8. The van der Waals surface area contributed by atoms with Gasteiger partial charge in [-0.2, -0.15) is 4.98 Å². The van der Waals surface area contributed by atoms with E-state index in [1.807, 2.05) is 112 Å². The highest BCUT2D eigenvalue weighted by Crippen LogP contribution is 2.41. The van der Waals surface area contributed by atoms with E-state index in [4.69, 9.17) is 47.5 Å².